The first-order valence-electron chi connectivity index (χ1n) is 6.64. The van der Waals surface area contributed by atoms with Crippen molar-refractivity contribution in [3.63, 3.8) is 0 Å². The van der Waals surface area contributed by atoms with Crippen LogP contribution in [-0.2, 0) is 6.18 Å². The maximum atomic E-state index is 13.2. The van der Waals surface area contributed by atoms with Crippen LogP contribution in [0, 0.1) is 18.3 Å². The first-order valence-corrected chi connectivity index (χ1v) is 7.43. The lowest BCUT2D eigenvalue weighted by molar-refractivity contribution is -0.276. The Hall–Kier alpha value is -2.48. The van der Waals surface area contributed by atoms with Gasteiger partial charge in [0.15, 0.2) is 5.75 Å². The maximum absolute atomic E-state index is 13.2. The molecule has 0 saturated heterocycles. The fourth-order valence-corrected chi connectivity index (χ4v) is 2.75. The second-order valence-corrected chi connectivity index (χ2v) is 5.92. The van der Waals surface area contributed by atoms with Gasteiger partial charge in [0.1, 0.15) is 11.6 Å². The summed E-state index contributed by atoms with van der Waals surface area (Å²) in [7, 11) is 0. The van der Waals surface area contributed by atoms with Crippen LogP contribution in [0.4, 0.5) is 26.3 Å². The molecule has 0 aliphatic rings. The summed E-state index contributed by atoms with van der Waals surface area (Å²) in [6.45, 7) is 1.44. The standard InChI is InChI=1S/C15H7BrF6N2O2/c1-6-2-8(9(5-23)13(25)24-6)7-3-10(14(17,18)19)12(11(16)4-7)26-15(20,21)22/h2-4H,1H3,(H,24,25). The van der Waals surface area contributed by atoms with Gasteiger partial charge < -0.3 is 9.72 Å². The Morgan fingerprint density at radius 3 is 2.27 bits per heavy atom. The Labute approximate surface area is 150 Å². The number of aromatic amines is 1. The number of nitrogens with one attached hydrogen (secondary N) is 1. The van der Waals surface area contributed by atoms with Crippen molar-refractivity contribution in [1.82, 2.24) is 4.98 Å². The summed E-state index contributed by atoms with van der Waals surface area (Å²) in [5.41, 5.74) is -3.18. The topological polar surface area (TPSA) is 65.9 Å². The van der Waals surface area contributed by atoms with Crippen molar-refractivity contribution in [2.75, 3.05) is 0 Å². The summed E-state index contributed by atoms with van der Waals surface area (Å²) in [5, 5.41) is 9.08. The van der Waals surface area contributed by atoms with Crippen LogP contribution in [0.15, 0.2) is 27.5 Å². The molecule has 1 aromatic heterocycles. The number of pyridine rings is 1. The van der Waals surface area contributed by atoms with Crippen LogP contribution < -0.4 is 10.3 Å². The summed E-state index contributed by atoms with van der Waals surface area (Å²) in [4.78, 5) is 14.1. The highest BCUT2D eigenvalue weighted by Crippen LogP contribution is 2.45. The number of hydrogen-bond acceptors (Lipinski definition) is 3. The number of nitrogens with zero attached hydrogens (tertiary/aromatic N) is 1. The average Bonchev–Trinajstić information content (AvgIpc) is 2.45. The third-order valence-corrected chi connectivity index (χ3v) is 3.75. The molecule has 11 heteroatoms. The predicted molar refractivity (Wildman–Crippen MR) is 81.3 cm³/mol. The minimum atomic E-state index is -5.34. The van der Waals surface area contributed by atoms with E-state index in [4.69, 9.17) is 5.26 Å². The Kier molecular flexibility index (Phi) is 5.10. The number of aromatic nitrogens is 1. The fourth-order valence-electron chi connectivity index (χ4n) is 2.21. The van der Waals surface area contributed by atoms with Gasteiger partial charge in [-0.15, -0.1) is 13.2 Å². The number of alkyl halides is 6. The molecule has 0 radical (unpaired) electrons. The van der Waals surface area contributed by atoms with Gasteiger partial charge in [0.05, 0.1) is 10.0 Å². The molecule has 0 aliphatic carbocycles. The summed E-state index contributed by atoms with van der Waals surface area (Å²) in [6, 6.07) is 4.11. The first kappa shape index (κ1) is 19.8. The highest BCUT2D eigenvalue weighted by Gasteiger charge is 2.41. The molecule has 2 aromatic rings. The molecule has 0 fully saturated rings. The van der Waals surface area contributed by atoms with Crippen LogP contribution >= 0.6 is 15.9 Å². The second kappa shape index (κ2) is 6.68. The Bertz CT molecular complexity index is 957. The molecule has 1 heterocycles. The van der Waals surface area contributed by atoms with Gasteiger partial charge in [-0.25, -0.2) is 0 Å². The van der Waals surface area contributed by atoms with E-state index in [-0.39, 0.29) is 16.8 Å². The maximum Gasteiger partial charge on any atom is 0.573 e. The van der Waals surface area contributed by atoms with Gasteiger partial charge in [0.2, 0.25) is 0 Å². The number of hydrogen-bond donors (Lipinski definition) is 1. The minimum Gasteiger partial charge on any atom is -0.404 e. The smallest absolute Gasteiger partial charge is 0.404 e. The Morgan fingerprint density at radius 2 is 1.77 bits per heavy atom. The predicted octanol–water partition coefficient (Wildman–Crippen LogP) is 4.90. The van der Waals surface area contributed by atoms with Crippen molar-refractivity contribution >= 4 is 15.9 Å². The number of benzene rings is 1. The van der Waals surface area contributed by atoms with Crippen molar-refractivity contribution in [2.24, 2.45) is 0 Å². The third-order valence-electron chi connectivity index (χ3n) is 3.16. The van der Waals surface area contributed by atoms with E-state index in [1.165, 1.54) is 13.0 Å². The number of aryl methyl sites for hydroxylation is 1. The van der Waals surface area contributed by atoms with Gasteiger partial charge in [0, 0.05) is 11.3 Å². The number of ether oxygens (including phenoxy) is 1. The molecule has 1 N–H and O–H groups in total. The molecule has 0 saturated carbocycles. The van der Waals surface area contributed by atoms with E-state index < -0.39 is 39.4 Å². The van der Waals surface area contributed by atoms with Crippen molar-refractivity contribution in [3.05, 3.63) is 49.8 Å². The molecule has 0 atom stereocenters. The molecule has 138 valence electrons. The zero-order valence-corrected chi connectivity index (χ0v) is 14.2. The molecule has 26 heavy (non-hydrogen) atoms. The lowest BCUT2D eigenvalue weighted by Crippen LogP contribution is -2.20. The largest absolute Gasteiger partial charge is 0.573 e. The summed E-state index contributed by atoms with van der Waals surface area (Å²) < 4.78 is 79.9. The van der Waals surface area contributed by atoms with Crippen LogP contribution in [-0.4, -0.2) is 11.3 Å². The Balaban J connectivity index is 2.81. The van der Waals surface area contributed by atoms with Gasteiger partial charge in [-0.2, -0.15) is 18.4 Å². The molecule has 1 aromatic carbocycles. The lowest BCUT2D eigenvalue weighted by Gasteiger charge is -2.18. The summed E-state index contributed by atoms with van der Waals surface area (Å²) in [6.07, 6.45) is -10.5. The van der Waals surface area contributed by atoms with E-state index in [0.717, 1.165) is 6.07 Å². The van der Waals surface area contributed by atoms with E-state index in [0.29, 0.717) is 6.07 Å². The SMILES string of the molecule is Cc1cc(-c2cc(Br)c(OC(F)(F)F)c(C(F)(F)F)c2)c(C#N)c(=O)[nH]1. The van der Waals surface area contributed by atoms with E-state index in [1.54, 1.807) is 6.07 Å². The number of nitriles is 1. The van der Waals surface area contributed by atoms with Crippen LogP contribution in [0.1, 0.15) is 16.8 Å². The van der Waals surface area contributed by atoms with Crippen molar-refractivity contribution in [2.45, 2.75) is 19.5 Å². The van der Waals surface area contributed by atoms with E-state index in [1.807, 2.05) is 0 Å². The van der Waals surface area contributed by atoms with E-state index in [2.05, 4.69) is 25.7 Å². The molecular formula is C15H7BrF6N2O2. The molecule has 2 rings (SSSR count). The molecule has 0 amide bonds. The molecule has 0 unspecified atom stereocenters. The van der Waals surface area contributed by atoms with Crippen molar-refractivity contribution < 1.29 is 31.1 Å². The highest BCUT2D eigenvalue weighted by molar-refractivity contribution is 9.10. The van der Waals surface area contributed by atoms with E-state index >= 15 is 0 Å². The number of H-pyrrole nitrogens is 1. The van der Waals surface area contributed by atoms with Crippen LogP contribution in [0.5, 0.6) is 5.75 Å². The monoisotopic (exact) mass is 440 g/mol. The number of rotatable bonds is 2. The average molecular weight is 441 g/mol. The summed E-state index contributed by atoms with van der Waals surface area (Å²) in [5.74, 6) is -1.46. The summed E-state index contributed by atoms with van der Waals surface area (Å²) >= 11 is 2.63. The zero-order valence-electron chi connectivity index (χ0n) is 12.6. The lowest BCUT2D eigenvalue weighted by atomic mass is 9.98. The molecule has 0 spiro atoms. The van der Waals surface area contributed by atoms with Gasteiger partial charge in [-0.05, 0) is 46.6 Å². The highest BCUT2D eigenvalue weighted by atomic mass is 79.9. The number of halogens is 7. The van der Waals surface area contributed by atoms with Gasteiger partial charge in [-0.1, -0.05) is 0 Å². The van der Waals surface area contributed by atoms with Gasteiger partial charge >= 0.3 is 12.5 Å². The molecule has 0 aliphatic heterocycles. The quantitative estimate of drug-likeness (QED) is 0.675. The Morgan fingerprint density at radius 1 is 1.15 bits per heavy atom. The van der Waals surface area contributed by atoms with Gasteiger partial charge in [0.25, 0.3) is 5.56 Å². The second-order valence-electron chi connectivity index (χ2n) is 5.06. The van der Waals surface area contributed by atoms with Crippen LogP contribution in [0.2, 0.25) is 0 Å². The molecular weight excluding hydrogens is 434 g/mol. The third kappa shape index (κ3) is 4.19. The van der Waals surface area contributed by atoms with E-state index in [9.17, 15) is 31.1 Å². The molecule has 0 bridgehead atoms. The fraction of sp³-hybridized carbons (Fsp3) is 0.200. The van der Waals surface area contributed by atoms with Crippen molar-refractivity contribution in [3.8, 4) is 22.9 Å². The van der Waals surface area contributed by atoms with Crippen LogP contribution in [0.25, 0.3) is 11.1 Å². The normalized spacial score (nSPS) is 12.0. The van der Waals surface area contributed by atoms with Gasteiger partial charge in [-0.3, -0.25) is 4.79 Å². The zero-order chi connectivity index (χ0) is 19.9. The first-order chi connectivity index (χ1) is 11.8. The molecule has 4 nitrogen and oxygen atoms in total. The minimum absolute atomic E-state index is 0.154. The van der Waals surface area contributed by atoms with Crippen molar-refractivity contribution in [1.29, 1.82) is 5.26 Å². The van der Waals surface area contributed by atoms with Crippen LogP contribution in [0.3, 0.4) is 0 Å².